The van der Waals surface area contributed by atoms with Gasteiger partial charge in [-0.2, -0.15) is 0 Å². The molecule has 4 rings (SSSR count). The molecule has 10 heteroatoms. The quantitative estimate of drug-likeness (QED) is 0.543. The number of aliphatic imine (C=N–C) groups is 1. The number of amides is 2. The van der Waals surface area contributed by atoms with Crippen LogP contribution in [0.25, 0.3) is 0 Å². The summed E-state index contributed by atoms with van der Waals surface area (Å²) >= 11 is 6.29. The second kappa shape index (κ2) is 10.4. The molecule has 0 spiro atoms. The molecule has 0 radical (unpaired) electrons. The van der Waals surface area contributed by atoms with Crippen molar-refractivity contribution in [3.05, 3.63) is 69.8 Å². The summed E-state index contributed by atoms with van der Waals surface area (Å²) in [5.41, 5.74) is 2.89. The summed E-state index contributed by atoms with van der Waals surface area (Å²) in [5, 5.41) is 6.08. The van der Waals surface area contributed by atoms with Gasteiger partial charge in [-0.05, 0) is 56.6 Å². The lowest BCUT2D eigenvalue weighted by molar-refractivity contribution is -0.120. The van der Waals surface area contributed by atoms with E-state index in [0.29, 0.717) is 46.9 Å². The number of carbonyl (C=O) groups excluding carboxylic acids is 2. The molecule has 0 aromatic heterocycles. The molecule has 2 aliphatic rings. The molecule has 0 saturated heterocycles. The van der Waals surface area contributed by atoms with Crippen LogP contribution in [0.15, 0.2) is 57.9 Å². The molecule has 8 nitrogen and oxygen atoms in total. The summed E-state index contributed by atoms with van der Waals surface area (Å²) < 4.78 is 29.4. The molecule has 0 unspecified atom stereocenters. The first kappa shape index (κ1) is 27.0. The van der Waals surface area contributed by atoms with Crippen LogP contribution in [0.3, 0.4) is 0 Å². The Hall–Kier alpha value is -3.01. The second-order valence-corrected chi connectivity index (χ2v) is 12.1. The molecule has 2 aliphatic heterocycles. The minimum Gasteiger partial charge on any atom is -0.356 e. The van der Waals surface area contributed by atoms with Gasteiger partial charge in [-0.1, -0.05) is 41.4 Å². The number of nitrogens with one attached hydrogen (secondary N) is 2. The van der Waals surface area contributed by atoms with Gasteiger partial charge in [-0.25, -0.2) is 8.42 Å². The summed E-state index contributed by atoms with van der Waals surface area (Å²) in [6, 6.07) is 10.2. The number of para-hydroxylation sites is 1. The Labute approximate surface area is 222 Å². The number of anilines is 1. The second-order valence-electron chi connectivity index (χ2n) is 9.65. The van der Waals surface area contributed by atoms with Crippen molar-refractivity contribution >= 4 is 45.2 Å². The standard InChI is InChI=1S/C27H31ClN4O4S/c1-17-14-25(18(2)13-23(17)28)37(35,36)27(26(34)31-24-8-6-5-7-21(24)15-30-27)22-16-32(4)12-10-20(22)9-11-29-19(3)33/h5-8,10,13-15,22H,9,11-12,16H2,1-4H3,(H,29,33)(H,31,34)/t22-,27-/m1/s1. The van der Waals surface area contributed by atoms with Crippen molar-refractivity contribution in [2.45, 2.75) is 37.0 Å². The zero-order chi connectivity index (χ0) is 27.0. The average Bonchev–Trinajstić information content (AvgIpc) is 2.98. The van der Waals surface area contributed by atoms with E-state index in [1.165, 1.54) is 19.2 Å². The fraction of sp³-hybridized carbons (Fsp3) is 0.370. The zero-order valence-corrected chi connectivity index (χ0v) is 22.9. The van der Waals surface area contributed by atoms with E-state index in [9.17, 15) is 18.0 Å². The normalized spacial score (nSPS) is 22.0. The maximum Gasteiger partial charge on any atom is 0.269 e. The molecule has 2 atom stereocenters. The van der Waals surface area contributed by atoms with Gasteiger partial charge in [0.05, 0.1) is 4.90 Å². The molecule has 0 aliphatic carbocycles. The molecule has 2 amide bonds. The van der Waals surface area contributed by atoms with E-state index >= 15 is 0 Å². The van der Waals surface area contributed by atoms with Gasteiger partial charge in [0.15, 0.2) is 0 Å². The molecular formula is C27H31ClN4O4S. The van der Waals surface area contributed by atoms with Gasteiger partial charge in [0.1, 0.15) is 0 Å². The highest BCUT2D eigenvalue weighted by molar-refractivity contribution is 7.93. The third-order valence-electron chi connectivity index (χ3n) is 6.95. The van der Waals surface area contributed by atoms with E-state index in [4.69, 9.17) is 11.6 Å². The van der Waals surface area contributed by atoms with Crippen LogP contribution in [0, 0.1) is 19.8 Å². The Morgan fingerprint density at radius 1 is 1.24 bits per heavy atom. The van der Waals surface area contributed by atoms with Crippen molar-refractivity contribution in [2.75, 3.05) is 32.0 Å². The monoisotopic (exact) mass is 542 g/mol. The average molecular weight is 543 g/mol. The van der Waals surface area contributed by atoms with Crippen LogP contribution in [-0.4, -0.2) is 62.9 Å². The van der Waals surface area contributed by atoms with Crippen molar-refractivity contribution in [2.24, 2.45) is 10.9 Å². The number of hydrogen-bond donors (Lipinski definition) is 2. The minimum absolute atomic E-state index is 0.0158. The Kier molecular flexibility index (Phi) is 7.60. The molecule has 2 heterocycles. The Balaban J connectivity index is 1.96. The SMILES string of the molecule is CC(=O)NCCC1=CCN(C)C[C@H]1[C@]1(S(=O)(=O)c2cc(C)c(Cl)cc2C)N=Cc2ccccc2NC1=O. The number of hydrogen-bond acceptors (Lipinski definition) is 6. The van der Waals surface area contributed by atoms with Crippen molar-refractivity contribution in [3.63, 3.8) is 0 Å². The molecule has 196 valence electrons. The number of nitrogens with zero attached hydrogens (tertiary/aromatic N) is 2. The molecular weight excluding hydrogens is 512 g/mol. The maximum atomic E-state index is 14.7. The fourth-order valence-corrected chi connectivity index (χ4v) is 7.41. The van der Waals surface area contributed by atoms with Crippen molar-refractivity contribution in [3.8, 4) is 0 Å². The third kappa shape index (κ3) is 4.95. The number of benzodiazepines with no additional fused rings is 1. The summed E-state index contributed by atoms with van der Waals surface area (Å²) in [6.45, 7) is 6.03. The maximum absolute atomic E-state index is 14.7. The van der Waals surface area contributed by atoms with Gasteiger partial charge in [0.2, 0.25) is 15.7 Å². The van der Waals surface area contributed by atoms with Gasteiger partial charge < -0.3 is 15.5 Å². The molecule has 0 fully saturated rings. The number of halogens is 1. The molecule has 0 bridgehead atoms. The van der Waals surface area contributed by atoms with E-state index in [-0.39, 0.29) is 17.3 Å². The molecule has 2 N–H and O–H groups in total. The van der Waals surface area contributed by atoms with E-state index in [1.54, 1.807) is 44.2 Å². The first-order valence-electron chi connectivity index (χ1n) is 12.1. The highest BCUT2D eigenvalue weighted by atomic mass is 35.5. The summed E-state index contributed by atoms with van der Waals surface area (Å²) in [6.07, 6.45) is 3.81. The molecule has 37 heavy (non-hydrogen) atoms. The first-order chi connectivity index (χ1) is 17.5. The van der Waals surface area contributed by atoms with Crippen LogP contribution in [0.4, 0.5) is 5.69 Å². The van der Waals surface area contributed by atoms with Crippen LogP contribution in [0.5, 0.6) is 0 Å². The lowest BCUT2D eigenvalue weighted by Gasteiger charge is -2.41. The van der Waals surface area contributed by atoms with Crippen molar-refractivity contribution in [1.29, 1.82) is 0 Å². The van der Waals surface area contributed by atoms with E-state index in [1.807, 2.05) is 18.0 Å². The highest BCUT2D eigenvalue weighted by Gasteiger charge is 2.59. The Morgan fingerprint density at radius 3 is 2.70 bits per heavy atom. The Morgan fingerprint density at radius 2 is 1.97 bits per heavy atom. The van der Waals surface area contributed by atoms with Crippen molar-refractivity contribution < 1.29 is 18.0 Å². The highest BCUT2D eigenvalue weighted by Crippen LogP contribution is 2.44. The first-order valence-corrected chi connectivity index (χ1v) is 13.9. The van der Waals surface area contributed by atoms with Gasteiger partial charge in [0, 0.05) is 55.0 Å². The van der Waals surface area contributed by atoms with E-state index in [2.05, 4.69) is 15.6 Å². The van der Waals surface area contributed by atoms with Crippen LogP contribution in [0.2, 0.25) is 5.02 Å². The number of sulfone groups is 1. The number of rotatable bonds is 6. The van der Waals surface area contributed by atoms with Crippen LogP contribution in [0.1, 0.15) is 30.0 Å². The largest absolute Gasteiger partial charge is 0.356 e. The topological polar surface area (TPSA) is 108 Å². The number of benzene rings is 2. The lowest BCUT2D eigenvalue weighted by Crippen LogP contribution is -2.57. The fourth-order valence-electron chi connectivity index (χ4n) is 4.95. The van der Waals surface area contributed by atoms with Crippen LogP contribution < -0.4 is 10.6 Å². The number of carbonyl (C=O) groups is 2. The van der Waals surface area contributed by atoms with Crippen molar-refractivity contribution in [1.82, 2.24) is 10.2 Å². The zero-order valence-electron chi connectivity index (χ0n) is 21.3. The predicted octanol–water partition coefficient (Wildman–Crippen LogP) is 3.51. The molecule has 0 saturated carbocycles. The van der Waals surface area contributed by atoms with E-state index in [0.717, 1.165) is 5.57 Å². The molecule has 2 aromatic carbocycles. The van der Waals surface area contributed by atoms with Gasteiger partial charge in [-0.15, -0.1) is 0 Å². The number of aryl methyl sites for hydroxylation is 2. The van der Waals surface area contributed by atoms with E-state index < -0.39 is 26.5 Å². The van der Waals surface area contributed by atoms with Gasteiger partial charge in [-0.3, -0.25) is 14.6 Å². The minimum atomic E-state index is -4.40. The van der Waals surface area contributed by atoms with Gasteiger partial charge >= 0.3 is 0 Å². The van der Waals surface area contributed by atoms with Gasteiger partial charge in [0.25, 0.3) is 10.8 Å². The summed E-state index contributed by atoms with van der Waals surface area (Å²) in [5.74, 6) is -1.70. The summed E-state index contributed by atoms with van der Waals surface area (Å²) in [7, 11) is -2.53. The Bertz CT molecular complexity index is 1420. The predicted molar refractivity (Wildman–Crippen MR) is 146 cm³/mol. The lowest BCUT2D eigenvalue weighted by atomic mass is 9.85. The number of likely N-dealkylation sites (N-methyl/N-ethyl adjacent to an activating group) is 1. The van der Waals surface area contributed by atoms with Crippen LogP contribution in [-0.2, 0) is 19.4 Å². The smallest absolute Gasteiger partial charge is 0.269 e. The number of fused-ring (bicyclic) bond motifs is 1. The molecule has 2 aromatic rings. The van der Waals surface area contributed by atoms with Crippen LogP contribution >= 0.6 is 11.6 Å². The summed E-state index contributed by atoms with van der Waals surface area (Å²) in [4.78, 5) is 30.1. The third-order valence-corrected chi connectivity index (χ3v) is 9.77.